The fourth-order valence-electron chi connectivity index (χ4n) is 4.71. The number of amides is 2. The molecule has 5 heteroatoms. The lowest BCUT2D eigenvalue weighted by Gasteiger charge is -2.33. The Bertz CT molecular complexity index is 440. The molecule has 3 aliphatic rings. The SMILES string of the molecule is N[C@@H]1CCC[C@H]1CC(=O)N1CCC(NC(=O)CC2CCCC2)CC1. The summed E-state index contributed by atoms with van der Waals surface area (Å²) in [5.74, 6) is 1.44. The molecule has 0 aromatic rings. The quantitative estimate of drug-likeness (QED) is 0.809. The van der Waals surface area contributed by atoms with Gasteiger partial charge in [-0.05, 0) is 50.4 Å². The predicted molar refractivity (Wildman–Crippen MR) is 94.3 cm³/mol. The Morgan fingerprint density at radius 3 is 2.25 bits per heavy atom. The van der Waals surface area contributed by atoms with Crippen LogP contribution < -0.4 is 11.1 Å². The molecule has 136 valence electrons. The van der Waals surface area contributed by atoms with E-state index in [1.54, 1.807) is 0 Å². The molecule has 0 unspecified atom stereocenters. The van der Waals surface area contributed by atoms with Crippen LogP contribution in [0.5, 0.6) is 0 Å². The van der Waals surface area contributed by atoms with Crippen molar-refractivity contribution in [1.82, 2.24) is 10.2 Å². The minimum Gasteiger partial charge on any atom is -0.353 e. The second kappa shape index (κ2) is 8.32. The van der Waals surface area contributed by atoms with Crippen molar-refractivity contribution >= 4 is 11.8 Å². The molecule has 1 saturated heterocycles. The molecule has 2 saturated carbocycles. The van der Waals surface area contributed by atoms with E-state index < -0.39 is 0 Å². The number of hydrogen-bond acceptors (Lipinski definition) is 3. The highest BCUT2D eigenvalue weighted by molar-refractivity contribution is 5.77. The normalized spacial score (nSPS) is 29.1. The lowest BCUT2D eigenvalue weighted by atomic mass is 9.97. The highest BCUT2D eigenvalue weighted by Crippen LogP contribution is 2.29. The third-order valence-electron chi connectivity index (χ3n) is 6.32. The molecule has 3 N–H and O–H groups in total. The smallest absolute Gasteiger partial charge is 0.222 e. The lowest BCUT2D eigenvalue weighted by molar-refractivity contribution is -0.133. The van der Waals surface area contributed by atoms with Crippen molar-refractivity contribution in [2.24, 2.45) is 17.6 Å². The van der Waals surface area contributed by atoms with Crippen molar-refractivity contribution in [1.29, 1.82) is 0 Å². The second-order valence-corrected chi connectivity index (χ2v) is 8.14. The minimum atomic E-state index is 0.210. The summed E-state index contributed by atoms with van der Waals surface area (Å²) >= 11 is 0. The minimum absolute atomic E-state index is 0.210. The van der Waals surface area contributed by atoms with Gasteiger partial charge < -0.3 is 16.0 Å². The Balaban J connectivity index is 1.35. The first kappa shape index (κ1) is 17.7. The van der Waals surface area contributed by atoms with Crippen LogP contribution in [0.4, 0.5) is 0 Å². The van der Waals surface area contributed by atoms with Crippen molar-refractivity contribution in [2.45, 2.75) is 82.7 Å². The van der Waals surface area contributed by atoms with Crippen molar-refractivity contribution in [3.05, 3.63) is 0 Å². The molecular weight excluding hydrogens is 302 g/mol. The van der Waals surface area contributed by atoms with Crippen molar-refractivity contribution in [3.63, 3.8) is 0 Å². The van der Waals surface area contributed by atoms with Crippen molar-refractivity contribution in [2.75, 3.05) is 13.1 Å². The molecule has 24 heavy (non-hydrogen) atoms. The molecule has 5 nitrogen and oxygen atoms in total. The maximum atomic E-state index is 12.4. The predicted octanol–water partition coefficient (Wildman–Crippen LogP) is 2.19. The monoisotopic (exact) mass is 335 g/mol. The standard InChI is InChI=1S/C19H33N3O2/c20-17-7-3-6-15(17)13-19(24)22-10-8-16(9-11-22)21-18(23)12-14-4-1-2-5-14/h14-17H,1-13,20H2,(H,21,23)/t15-,17+/m0/s1. The molecular formula is C19H33N3O2. The van der Waals surface area contributed by atoms with Crippen LogP contribution in [0.15, 0.2) is 0 Å². The van der Waals surface area contributed by atoms with Crippen molar-refractivity contribution in [3.8, 4) is 0 Å². The number of nitrogens with one attached hydrogen (secondary N) is 1. The summed E-state index contributed by atoms with van der Waals surface area (Å²) in [6.07, 6.45) is 11.4. The average molecular weight is 335 g/mol. The van der Waals surface area contributed by atoms with Gasteiger partial charge in [-0.2, -0.15) is 0 Å². The van der Waals surface area contributed by atoms with E-state index >= 15 is 0 Å². The topological polar surface area (TPSA) is 75.4 Å². The number of carbonyl (C=O) groups is 2. The molecule has 2 atom stereocenters. The summed E-state index contributed by atoms with van der Waals surface area (Å²) in [5.41, 5.74) is 6.08. The largest absolute Gasteiger partial charge is 0.353 e. The molecule has 3 rings (SSSR count). The fourth-order valence-corrected chi connectivity index (χ4v) is 4.71. The van der Waals surface area contributed by atoms with Crippen LogP contribution >= 0.6 is 0 Å². The van der Waals surface area contributed by atoms with Gasteiger partial charge in [0.1, 0.15) is 0 Å². The second-order valence-electron chi connectivity index (χ2n) is 8.14. The maximum Gasteiger partial charge on any atom is 0.222 e. The van der Waals surface area contributed by atoms with Crippen molar-refractivity contribution < 1.29 is 9.59 Å². The fraction of sp³-hybridized carbons (Fsp3) is 0.895. The van der Waals surface area contributed by atoms with E-state index in [2.05, 4.69) is 5.32 Å². The van der Waals surface area contributed by atoms with E-state index in [4.69, 9.17) is 5.73 Å². The third kappa shape index (κ3) is 4.71. The van der Waals surface area contributed by atoms with E-state index in [-0.39, 0.29) is 23.9 Å². The van der Waals surface area contributed by atoms with Crippen LogP contribution in [0.1, 0.15) is 70.6 Å². The van der Waals surface area contributed by atoms with Crippen LogP contribution in [-0.4, -0.2) is 41.9 Å². The highest BCUT2D eigenvalue weighted by Gasteiger charge is 2.30. The molecule has 3 fully saturated rings. The molecule has 0 bridgehead atoms. The van der Waals surface area contributed by atoms with Crippen LogP contribution in [0.2, 0.25) is 0 Å². The van der Waals surface area contributed by atoms with E-state index in [0.29, 0.717) is 24.7 Å². The molecule has 0 spiro atoms. The summed E-state index contributed by atoms with van der Waals surface area (Å²) in [4.78, 5) is 26.6. The number of nitrogens with two attached hydrogens (primary N) is 1. The third-order valence-corrected chi connectivity index (χ3v) is 6.32. The molecule has 1 aliphatic heterocycles. The molecule has 1 heterocycles. The summed E-state index contributed by atoms with van der Waals surface area (Å²) in [6.45, 7) is 1.55. The molecule has 0 aromatic heterocycles. The highest BCUT2D eigenvalue weighted by atomic mass is 16.2. The summed E-state index contributed by atoms with van der Waals surface area (Å²) in [7, 11) is 0. The zero-order valence-corrected chi connectivity index (χ0v) is 14.8. The Labute approximate surface area is 145 Å². The summed E-state index contributed by atoms with van der Waals surface area (Å²) in [6, 6.07) is 0.457. The molecule has 2 amide bonds. The number of hydrogen-bond donors (Lipinski definition) is 2. The summed E-state index contributed by atoms with van der Waals surface area (Å²) < 4.78 is 0. The molecule has 0 radical (unpaired) electrons. The van der Waals surface area contributed by atoms with E-state index in [9.17, 15) is 9.59 Å². The van der Waals surface area contributed by atoms with Crippen LogP contribution in [0, 0.1) is 11.8 Å². The number of piperidine rings is 1. The number of rotatable bonds is 5. The van der Waals surface area contributed by atoms with Gasteiger partial charge in [-0.15, -0.1) is 0 Å². The van der Waals surface area contributed by atoms with Gasteiger partial charge in [0.25, 0.3) is 0 Å². The Morgan fingerprint density at radius 2 is 1.62 bits per heavy atom. The van der Waals surface area contributed by atoms with Crippen LogP contribution in [0.25, 0.3) is 0 Å². The number of nitrogens with zero attached hydrogens (tertiary/aromatic N) is 1. The van der Waals surface area contributed by atoms with Crippen LogP contribution in [0.3, 0.4) is 0 Å². The van der Waals surface area contributed by atoms with Gasteiger partial charge in [0, 0.05) is 38.0 Å². The van der Waals surface area contributed by atoms with E-state index in [1.165, 1.54) is 25.7 Å². The zero-order chi connectivity index (χ0) is 16.9. The number of likely N-dealkylation sites (tertiary alicyclic amines) is 1. The van der Waals surface area contributed by atoms with Crippen LogP contribution in [-0.2, 0) is 9.59 Å². The van der Waals surface area contributed by atoms with Gasteiger partial charge in [-0.3, -0.25) is 9.59 Å². The van der Waals surface area contributed by atoms with Gasteiger partial charge in [0.2, 0.25) is 11.8 Å². The van der Waals surface area contributed by atoms with Gasteiger partial charge >= 0.3 is 0 Å². The Kier molecular flexibility index (Phi) is 6.14. The number of carbonyl (C=O) groups excluding carboxylic acids is 2. The Morgan fingerprint density at radius 1 is 0.917 bits per heavy atom. The van der Waals surface area contributed by atoms with E-state index in [1.807, 2.05) is 4.90 Å². The Hall–Kier alpha value is -1.10. The summed E-state index contributed by atoms with van der Waals surface area (Å²) in [5, 5.41) is 3.19. The van der Waals surface area contributed by atoms with Gasteiger partial charge in [0.15, 0.2) is 0 Å². The average Bonchev–Trinajstić information content (AvgIpc) is 3.20. The first-order chi connectivity index (χ1) is 11.6. The first-order valence-electron chi connectivity index (χ1n) is 9.94. The zero-order valence-electron chi connectivity index (χ0n) is 14.8. The van der Waals surface area contributed by atoms with Gasteiger partial charge in [-0.1, -0.05) is 19.3 Å². The molecule has 2 aliphatic carbocycles. The molecule has 0 aromatic carbocycles. The maximum absolute atomic E-state index is 12.4. The van der Waals surface area contributed by atoms with Gasteiger partial charge in [-0.25, -0.2) is 0 Å². The first-order valence-corrected chi connectivity index (χ1v) is 9.94. The van der Waals surface area contributed by atoms with Gasteiger partial charge in [0.05, 0.1) is 0 Å². The lowest BCUT2D eigenvalue weighted by Crippen LogP contribution is -2.47. The van der Waals surface area contributed by atoms with E-state index in [0.717, 1.165) is 45.2 Å².